The number of benzene rings is 1. The molecule has 2 fully saturated rings. The third kappa shape index (κ3) is 3.21. The average Bonchev–Trinajstić information content (AvgIpc) is 3.19. The number of hydrogen-bond acceptors (Lipinski definition) is 2. The molecule has 0 radical (unpaired) electrons. The van der Waals surface area contributed by atoms with Crippen molar-refractivity contribution < 1.29 is 4.79 Å². The molecule has 1 aromatic rings. The largest absolute Gasteiger partial charge is 0.353 e. The average molecular weight is 272 g/mol. The van der Waals surface area contributed by atoms with Crippen LogP contribution in [0.15, 0.2) is 24.3 Å². The molecule has 0 spiro atoms. The maximum absolute atomic E-state index is 12.1. The van der Waals surface area contributed by atoms with E-state index in [-0.39, 0.29) is 11.4 Å². The number of hydrogen-bond donors (Lipinski definition) is 2. The molecule has 1 aromatic carbocycles. The predicted molar refractivity (Wildman–Crippen MR) is 80.3 cm³/mol. The fourth-order valence-electron chi connectivity index (χ4n) is 3.13. The summed E-state index contributed by atoms with van der Waals surface area (Å²) >= 11 is 0. The van der Waals surface area contributed by atoms with Crippen molar-refractivity contribution in [3.63, 3.8) is 0 Å². The second kappa shape index (κ2) is 5.57. The van der Waals surface area contributed by atoms with Crippen LogP contribution >= 0.6 is 0 Å². The van der Waals surface area contributed by atoms with Crippen molar-refractivity contribution in [3.05, 3.63) is 35.4 Å². The fourth-order valence-corrected chi connectivity index (χ4v) is 3.13. The molecule has 0 saturated heterocycles. The molecule has 1 amide bonds. The smallest absolute Gasteiger partial charge is 0.224 e. The first-order chi connectivity index (χ1) is 9.66. The summed E-state index contributed by atoms with van der Waals surface area (Å²) in [5.74, 6) is 0.149. The summed E-state index contributed by atoms with van der Waals surface area (Å²) in [4.78, 5) is 12.1. The Kier molecular flexibility index (Phi) is 3.79. The van der Waals surface area contributed by atoms with Crippen LogP contribution in [-0.4, -0.2) is 11.9 Å². The van der Waals surface area contributed by atoms with Gasteiger partial charge >= 0.3 is 0 Å². The van der Waals surface area contributed by atoms with Gasteiger partial charge in [0.15, 0.2) is 0 Å². The second-order valence-electron chi connectivity index (χ2n) is 6.44. The fraction of sp³-hybridized carbons (Fsp3) is 0.588. The summed E-state index contributed by atoms with van der Waals surface area (Å²) in [7, 11) is 0. The molecule has 3 N–H and O–H groups in total. The highest BCUT2D eigenvalue weighted by Crippen LogP contribution is 2.42. The van der Waals surface area contributed by atoms with Gasteiger partial charge in [0.25, 0.3) is 0 Å². The van der Waals surface area contributed by atoms with Crippen LogP contribution in [0, 0.1) is 0 Å². The topological polar surface area (TPSA) is 55.1 Å². The van der Waals surface area contributed by atoms with Gasteiger partial charge in [0, 0.05) is 11.6 Å². The highest BCUT2D eigenvalue weighted by atomic mass is 16.1. The molecule has 0 heterocycles. The lowest BCUT2D eigenvalue weighted by molar-refractivity contribution is -0.121. The zero-order valence-corrected chi connectivity index (χ0v) is 12.0. The van der Waals surface area contributed by atoms with Gasteiger partial charge in [-0.25, -0.2) is 0 Å². The van der Waals surface area contributed by atoms with Crippen molar-refractivity contribution in [3.8, 4) is 0 Å². The summed E-state index contributed by atoms with van der Waals surface area (Å²) in [6.07, 6.45) is 8.67. The standard InChI is InChI=1S/C17H24N2O/c18-17(9-10-17)14-6-4-5-13(11-14)12-16(20)19-15-7-2-1-3-8-15/h4-6,11,15H,1-3,7-10,12,18H2,(H,19,20). The molecular formula is C17H24N2O. The Morgan fingerprint density at radius 2 is 2.00 bits per heavy atom. The van der Waals surface area contributed by atoms with E-state index in [4.69, 9.17) is 5.73 Å². The molecule has 0 aromatic heterocycles. The first-order valence-corrected chi connectivity index (χ1v) is 7.83. The van der Waals surface area contributed by atoms with Crippen molar-refractivity contribution in [2.75, 3.05) is 0 Å². The van der Waals surface area contributed by atoms with E-state index in [1.807, 2.05) is 12.1 Å². The minimum Gasteiger partial charge on any atom is -0.353 e. The molecule has 20 heavy (non-hydrogen) atoms. The minimum absolute atomic E-state index is 0.115. The lowest BCUT2D eigenvalue weighted by Gasteiger charge is -2.22. The third-order valence-electron chi connectivity index (χ3n) is 4.63. The normalized spacial score (nSPS) is 21.4. The SMILES string of the molecule is NC1(c2cccc(CC(=O)NC3CCCCC3)c2)CC1. The van der Waals surface area contributed by atoms with Gasteiger partial charge in [-0.05, 0) is 36.8 Å². The van der Waals surface area contributed by atoms with Gasteiger partial charge in [-0.3, -0.25) is 4.79 Å². The number of nitrogens with two attached hydrogens (primary N) is 1. The van der Waals surface area contributed by atoms with E-state index < -0.39 is 0 Å². The summed E-state index contributed by atoms with van der Waals surface area (Å²) in [5, 5.41) is 3.17. The Labute approximate surface area is 120 Å². The number of nitrogens with one attached hydrogen (secondary N) is 1. The summed E-state index contributed by atoms with van der Waals surface area (Å²) in [5.41, 5.74) is 8.36. The molecule has 0 atom stereocenters. The van der Waals surface area contributed by atoms with E-state index in [0.29, 0.717) is 12.5 Å². The molecule has 0 unspecified atom stereocenters. The lowest BCUT2D eigenvalue weighted by Crippen LogP contribution is -2.37. The van der Waals surface area contributed by atoms with Crippen molar-refractivity contribution in [2.24, 2.45) is 5.73 Å². The van der Waals surface area contributed by atoms with Gasteiger partial charge in [0.05, 0.1) is 6.42 Å². The second-order valence-corrected chi connectivity index (χ2v) is 6.44. The Balaban J connectivity index is 1.58. The molecule has 3 rings (SSSR count). The maximum atomic E-state index is 12.1. The molecule has 0 aliphatic heterocycles. The molecule has 3 nitrogen and oxygen atoms in total. The quantitative estimate of drug-likeness (QED) is 0.885. The molecule has 0 bridgehead atoms. The molecular weight excluding hydrogens is 248 g/mol. The number of amides is 1. The maximum Gasteiger partial charge on any atom is 0.224 e. The van der Waals surface area contributed by atoms with E-state index in [0.717, 1.165) is 31.2 Å². The zero-order valence-electron chi connectivity index (χ0n) is 12.0. The number of carbonyl (C=O) groups is 1. The van der Waals surface area contributed by atoms with Crippen LogP contribution in [0.3, 0.4) is 0 Å². The van der Waals surface area contributed by atoms with Crippen molar-refractivity contribution in [2.45, 2.75) is 62.9 Å². The minimum atomic E-state index is -0.115. The highest BCUT2D eigenvalue weighted by Gasteiger charge is 2.39. The molecule has 108 valence electrons. The van der Waals surface area contributed by atoms with Crippen molar-refractivity contribution in [1.29, 1.82) is 0 Å². The van der Waals surface area contributed by atoms with Gasteiger partial charge in [-0.2, -0.15) is 0 Å². The molecule has 2 aliphatic carbocycles. The van der Waals surface area contributed by atoms with Gasteiger partial charge < -0.3 is 11.1 Å². The predicted octanol–water partition coefficient (Wildman–Crippen LogP) is 2.63. The first-order valence-electron chi connectivity index (χ1n) is 7.83. The van der Waals surface area contributed by atoms with Gasteiger partial charge in [-0.1, -0.05) is 43.5 Å². The Hall–Kier alpha value is -1.35. The van der Waals surface area contributed by atoms with Gasteiger partial charge in [-0.15, -0.1) is 0 Å². The molecule has 3 heteroatoms. The summed E-state index contributed by atoms with van der Waals surface area (Å²) < 4.78 is 0. The van der Waals surface area contributed by atoms with E-state index in [1.54, 1.807) is 0 Å². The van der Waals surface area contributed by atoms with E-state index in [9.17, 15) is 4.79 Å². The first kappa shape index (κ1) is 13.6. The highest BCUT2D eigenvalue weighted by molar-refractivity contribution is 5.78. The van der Waals surface area contributed by atoms with Crippen LogP contribution in [0.4, 0.5) is 0 Å². The van der Waals surface area contributed by atoms with E-state index in [2.05, 4.69) is 17.4 Å². The third-order valence-corrected chi connectivity index (χ3v) is 4.63. The van der Waals surface area contributed by atoms with Gasteiger partial charge in [0.2, 0.25) is 5.91 Å². The van der Waals surface area contributed by atoms with E-state index >= 15 is 0 Å². The number of carbonyl (C=O) groups excluding carboxylic acids is 1. The zero-order chi connectivity index (χ0) is 14.0. The van der Waals surface area contributed by atoms with E-state index in [1.165, 1.54) is 24.8 Å². The Bertz CT molecular complexity index is 488. The van der Waals surface area contributed by atoms with Crippen LogP contribution < -0.4 is 11.1 Å². The lowest BCUT2D eigenvalue weighted by atomic mass is 9.95. The Morgan fingerprint density at radius 3 is 2.70 bits per heavy atom. The van der Waals surface area contributed by atoms with Crippen LogP contribution in [0.5, 0.6) is 0 Å². The van der Waals surface area contributed by atoms with Crippen molar-refractivity contribution in [1.82, 2.24) is 5.32 Å². The monoisotopic (exact) mass is 272 g/mol. The summed E-state index contributed by atoms with van der Waals surface area (Å²) in [6.45, 7) is 0. The van der Waals surface area contributed by atoms with Crippen LogP contribution in [0.2, 0.25) is 0 Å². The van der Waals surface area contributed by atoms with Crippen LogP contribution in [0.25, 0.3) is 0 Å². The van der Waals surface area contributed by atoms with Crippen LogP contribution in [0.1, 0.15) is 56.1 Å². The van der Waals surface area contributed by atoms with Crippen LogP contribution in [-0.2, 0) is 16.8 Å². The molecule has 2 saturated carbocycles. The van der Waals surface area contributed by atoms with Crippen molar-refractivity contribution >= 4 is 5.91 Å². The summed E-state index contributed by atoms with van der Waals surface area (Å²) in [6, 6.07) is 8.62. The van der Waals surface area contributed by atoms with Gasteiger partial charge in [0.1, 0.15) is 0 Å². The number of rotatable bonds is 4. The molecule has 2 aliphatic rings. The Morgan fingerprint density at radius 1 is 1.25 bits per heavy atom.